The monoisotopic (exact) mass is 949 g/mol. The van der Waals surface area contributed by atoms with Crippen LogP contribution in [0.25, 0.3) is 0 Å². The molecule has 6 rings (SSSR count). The van der Waals surface area contributed by atoms with Crippen molar-refractivity contribution in [2.75, 3.05) is 46.5 Å². The van der Waals surface area contributed by atoms with E-state index in [2.05, 4.69) is 69.5 Å². The maximum atomic E-state index is 14.0. The van der Waals surface area contributed by atoms with Gasteiger partial charge >= 0.3 is 5.69 Å². The van der Waals surface area contributed by atoms with Crippen LogP contribution in [0.1, 0.15) is 83.4 Å². The molecular formula is C52H64N5O10P. The number of hydrogen-bond donors (Lipinski definition) is 1. The lowest BCUT2D eigenvalue weighted by Crippen LogP contribution is -2.43. The SMILES string of the molecule is COc1ccc(C(OC[C@H]2O[C@@H](n3ccc(NC(=O)COc4ccc(C(C)(C)C)cc4)nc3=O)[C@@H](OC)C2OP(OCCC#N)N(C(C)C)C(C)C)(c2ccccc2)c2ccc(OC)cc2)cc1. The largest absolute Gasteiger partial charge is 0.497 e. The molecular weight excluding hydrogens is 886 g/mol. The molecule has 1 aliphatic rings. The molecule has 15 nitrogen and oxygen atoms in total. The molecule has 1 saturated heterocycles. The number of anilines is 1. The quantitative estimate of drug-likeness (QED) is 0.0397. The molecule has 16 heteroatoms. The van der Waals surface area contributed by atoms with E-state index < -0.39 is 50.3 Å². The Hall–Kier alpha value is -5.69. The molecule has 5 atom stereocenters. The number of hydrogen-bond acceptors (Lipinski definition) is 13. The highest BCUT2D eigenvalue weighted by Crippen LogP contribution is 2.51. The number of ether oxygens (including phenoxy) is 6. The van der Waals surface area contributed by atoms with Crippen molar-refractivity contribution < 1.29 is 42.3 Å². The van der Waals surface area contributed by atoms with Crippen molar-refractivity contribution in [3.63, 3.8) is 0 Å². The topological polar surface area (TPSA) is 165 Å². The minimum Gasteiger partial charge on any atom is -0.497 e. The second-order valence-electron chi connectivity index (χ2n) is 17.8. The Balaban J connectivity index is 1.36. The highest BCUT2D eigenvalue weighted by molar-refractivity contribution is 7.44. The fourth-order valence-electron chi connectivity index (χ4n) is 8.18. The predicted octanol–water partition coefficient (Wildman–Crippen LogP) is 9.16. The molecule has 0 aliphatic carbocycles. The van der Waals surface area contributed by atoms with Gasteiger partial charge < -0.3 is 42.8 Å². The van der Waals surface area contributed by atoms with Crippen molar-refractivity contribution in [1.82, 2.24) is 14.2 Å². The zero-order chi connectivity index (χ0) is 49.0. The summed E-state index contributed by atoms with van der Waals surface area (Å²) in [7, 11) is 2.93. The van der Waals surface area contributed by atoms with Gasteiger partial charge in [-0.25, -0.2) is 9.46 Å². The third kappa shape index (κ3) is 12.3. The van der Waals surface area contributed by atoms with E-state index in [0.717, 1.165) is 22.3 Å². The fraction of sp³-hybridized carbons (Fsp3) is 0.423. The van der Waals surface area contributed by atoms with Crippen LogP contribution in [0.5, 0.6) is 17.2 Å². The number of aromatic nitrogens is 2. The van der Waals surface area contributed by atoms with Crippen LogP contribution in [0.2, 0.25) is 0 Å². The Bertz CT molecular complexity index is 2420. The van der Waals surface area contributed by atoms with Crippen molar-refractivity contribution in [1.29, 1.82) is 5.26 Å². The zero-order valence-corrected chi connectivity index (χ0v) is 41.5. The first-order valence-corrected chi connectivity index (χ1v) is 23.8. The van der Waals surface area contributed by atoms with Crippen LogP contribution < -0.4 is 25.2 Å². The Morgan fingerprint density at radius 1 is 0.809 bits per heavy atom. The first kappa shape index (κ1) is 51.7. The van der Waals surface area contributed by atoms with E-state index in [1.165, 1.54) is 23.9 Å². The number of methoxy groups -OCH3 is 3. The normalized spacial score (nSPS) is 17.8. The van der Waals surface area contributed by atoms with E-state index >= 15 is 0 Å². The van der Waals surface area contributed by atoms with E-state index in [4.69, 9.17) is 37.5 Å². The van der Waals surface area contributed by atoms with Crippen LogP contribution in [-0.2, 0) is 39.1 Å². The molecule has 1 N–H and O–H groups in total. The molecule has 1 fully saturated rings. The maximum Gasteiger partial charge on any atom is 0.351 e. The third-order valence-corrected chi connectivity index (χ3v) is 13.7. The van der Waals surface area contributed by atoms with E-state index in [-0.39, 0.29) is 49.6 Å². The third-order valence-electron chi connectivity index (χ3n) is 11.5. The lowest BCUT2D eigenvalue weighted by atomic mass is 9.80. The lowest BCUT2D eigenvalue weighted by molar-refractivity contribution is -0.118. The van der Waals surface area contributed by atoms with Crippen LogP contribution in [-0.4, -0.2) is 91.7 Å². The van der Waals surface area contributed by atoms with E-state index in [1.54, 1.807) is 14.2 Å². The number of carbonyl (C=O) groups excluding carboxylic acids is 1. The van der Waals surface area contributed by atoms with Crippen LogP contribution in [0.3, 0.4) is 0 Å². The Labute approximate surface area is 401 Å². The van der Waals surface area contributed by atoms with Gasteiger partial charge in [-0.15, -0.1) is 0 Å². The Morgan fingerprint density at radius 3 is 1.88 bits per heavy atom. The predicted molar refractivity (Wildman–Crippen MR) is 261 cm³/mol. The van der Waals surface area contributed by atoms with Crippen molar-refractivity contribution in [2.45, 2.75) is 103 Å². The lowest BCUT2D eigenvalue weighted by Gasteiger charge is -2.39. The van der Waals surface area contributed by atoms with Crippen LogP contribution in [0, 0.1) is 11.3 Å². The second kappa shape index (κ2) is 23.6. The first-order valence-electron chi connectivity index (χ1n) is 22.7. The fourth-order valence-corrected chi connectivity index (χ4v) is 9.95. The average molecular weight is 950 g/mol. The molecule has 0 radical (unpaired) electrons. The molecule has 5 aromatic rings. The molecule has 0 spiro atoms. The zero-order valence-electron chi connectivity index (χ0n) is 40.6. The van der Waals surface area contributed by atoms with Crippen molar-refractivity contribution in [3.8, 4) is 23.3 Å². The summed E-state index contributed by atoms with van der Waals surface area (Å²) in [5.74, 6) is 1.43. The van der Waals surface area contributed by atoms with Gasteiger partial charge in [0.15, 0.2) is 12.8 Å². The summed E-state index contributed by atoms with van der Waals surface area (Å²) in [4.78, 5) is 31.3. The molecule has 1 aliphatic heterocycles. The number of nitrogens with one attached hydrogen (secondary N) is 1. The van der Waals surface area contributed by atoms with Crippen LogP contribution in [0.4, 0.5) is 5.82 Å². The van der Waals surface area contributed by atoms with Gasteiger partial charge in [-0.3, -0.25) is 9.36 Å². The summed E-state index contributed by atoms with van der Waals surface area (Å²) in [6.07, 6.45) is -2.09. The molecule has 0 bridgehead atoms. The molecule has 362 valence electrons. The number of nitrogens with zero attached hydrogens (tertiary/aromatic N) is 4. The second-order valence-corrected chi connectivity index (χ2v) is 19.2. The minimum absolute atomic E-state index is 0.0122. The van der Waals surface area contributed by atoms with Gasteiger partial charge in [0.05, 0.1) is 39.9 Å². The molecule has 0 saturated carbocycles. The molecule has 4 aromatic carbocycles. The van der Waals surface area contributed by atoms with Crippen LogP contribution in [0.15, 0.2) is 120 Å². The highest BCUT2D eigenvalue weighted by atomic mass is 31.2. The highest BCUT2D eigenvalue weighted by Gasteiger charge is 2.51. The smallest absolute Gasteiger partial charge is 0.351 e. The average Bonchev–Trinajstić information content (AvgIpc) is 3.67. The summed E-state index contributed by atoms with van der Waals surface area (Å²) in [6, 6.07) is 36.5. The van der Waals surface area contributed by atoms with E-state index in [9.17, 15) is 14.9 Å². The summed E-state index contributed by atoms with van der Waals surface area (Å²) in [5, 5.41) is 12.1. The van der Waals surface area contributed by atoms with Gasteiger partial charge in [-0.05, 0) is 97.8 Å². The molecule has 2 heterocycles. The number of rotatable bonds is 22. The number of benzene rings is 4. The van der Waals surface area contributed by atoms with Gasteiger partial charge in [0.1, 0.15) is 47.0 Å². The van der Waals surface area contributed by atoms with Gasteiger partial charge in [0, 0.05) is 25.4 Å². The summed E-state index contributed by atoms with van der Waals surface area (Å²) in [6.45, 7) is 14.3. The van der Waals surface area contributed by atoms with E-state index in [1.807, 2.05) is 103 Å². The Morgan fingerprint density at radius 2 is 1.37 bits per heavy atom. The summed E-state index contributed by atoms with van der Waals surface area (Å²) in [5.41, 5.74) is 1.63. The first-order chi connectivity index (χ1) is 32.6. The minimum atomic E-state index is -1.83. The van der Waals surface area contributed by atoms with Crippen LogP contribution >= 0.6 is 8.53 Å². The summed E-state index contributed by atoms with van der Waals surface area (Å²) >= 11 is 0. The summed E-state index contributed by atoms with van der Waals surface area (Å²) < 4.78 is 54.1. The van der Waals surface area contributed by atoms with Gasteiger partial charge in [0.25, 0.3) is 14.4 Å². The van der Waals surface area contributed by atoms with Crippen molar-refractivity contribution in [2.24, 2.45) is 0 Å². The van der Waals surface area contributed by atoms with Gasteiger partial charge in [-0.1, -0.05) is 87.5 Å². The standard InChI is InChI=1S/C52H64N5O10P/c1-35(2)57(36(3)4)68(65-32-14-30-53)67-47-44(33-64-52(38-15-12-11-13-16-38,39-19-23-41(60-8)24-20-39)40-21-25-42(61-9)26-22-40)66-49(48(47)62-10)56-31-29-45(55-50(56)59)54-46(58)34-63-43-27-17-37(18-28-43)51(5,6)7/h11-13,15-29,31,35-36,44,47-49H,14,32-34H2,1-10H3,(H,54,55,58,59)/t44-,47?,48+,49-,68?/m1/s1. The maximum absolute atomic E-state index is 14.0. The molecule has 2 unspecified atom stereocenters. The number of amides is 1. The van der Waals surface area contributed by atoms with Gasteiger partial charge in [0.2, 0.25) is 0 Å². The molecule has 1 amide bonds. The Kier molecular flexibility index (Phi) is 17.9. The van der Waals surface area contributed by atoms with E-state index in [0.29, 0.717) is 17.2 Å². The molecule has 1 aromatic heterocycles. The number of carbonyl (C=O) groups is 1. The van der Waals surface area contributed by atoms with Crippen molar-refractivity contribution in [3.05, 3.63) is 148 Å². The van der Waals surface area contributed by atoms with Gasteiger partial charge in [-0.2, -0.15) is 10.2 Å². The van der Waals surface area contributed by atoms with Crippen molar-refractivity contribution >= 4 is 20.3 Å². The number of nitriles is 1. The molecule has 68 heavy (non-hydrogen) atoms.